The van der Waals surface area contributed by atoms with Crippen LogP contribution < -0.4 is 5.73 Å². The average Bonchev–Trinajstić information content (AvgIpc) is 2.02. The molecule has 12 heavy (non-hydrogen) atoms. The predicted octanol–water partition coefficient (Wildman–Crippen LogP) is 2.72. The van der Waals surface area contributed by atoms with Crippen molar-refractivity contribution >= 4 is 0 Å². The third kappa shape index (κ3) is 1.71. The van der Waals surface area contributed by atoms with Crippen molar-refractivity contribution in [2.24, 2.45) is 17.6 Å². The van der Waals surface area contributed by atoms with Crippen LogP contribution in [0.5, 0.6) is 0 Å². The molecule has 1 nitrogen and oxygen atoms in total. The normalized spacial score (nSPS) is 41.7. The van der Waals surface area contributed by atoms with Crippen LogP contribution in [0.25, 0.3) is 0 Å². The van der Waals surface area contributed by atoms with Crippen LogP contribution in [0.1, 0.15) is 40.0 Å². The minimum atomic E-state index is 0.0319. The Balaban J connectivity index is 2.78. The van der Waals surface area contributed by atoms with Crippen molar-refractivity contribution in [3.05, 3.63) is 12.2 Å². The summed E-state index contributed by atoms with van der Waals surface area (Å²) in [6.07, 6.45) is 8.07. The molecule has 0 heterocycles. The quantitative estimate of drug-likeness (QED) is 0.629. The summed E-state index contributed by atoms with van der Waals surface area (Å²) in [4.78, 5) is 0. The zero-order chi connectivity index (χ0) is 9.19. The fourth-order valence-corrected chi connectivity index (χ4v) is 2.46. The van der Waals surface area contributed by atoms with Gasteiger partial charge < -0.3 is 5.73 Å². The Morgan fingerprint density at radius 2 is 2.08 bits per heavy atom. The van der Waals surface area contributed by atoms with Crippen molar-refractivity contribution < 1.29 is 0 Å². The predicted molar refractivity (Wildman–Crippen MR) is 53.9 cm³/mol. The van der Waals surface area contributed by atoms with Gasteiger partial charge in [-0.25, -0.2) is 0 Å². The van der Waals surface area contributed by atoms with Crippen molar-refractivity contribution in [2.75, 3.05) is 0 Å². The van der Waals surface area contributed by atoms with Crippen LogP contribution in [0.2, 0.25) is 0 Å². The van der Waals surface area contributed by atoms with Crippen LogP contribution in [0.3, 0.4) is 0 Å². The van der Waals surface area contributed by atoms with E-state index in [1.54, 1.807) is 0 Å². The first-order chi connectivity index (χ1) is 5.61. The van der Waals surface area contributed by atoms with Gasteiger partial charge in [-0.3, -0.25) is 0 Å². The maximum absolute atomic E-state index is 6.25. The molecule has 3 atom stereocenters. The average molecular weight is 167 g/mol. The lowest BCUT2D eigenvalue weighted by atomic mass is 9.70. The number of hydrogen-bond donors (Lipinski definition) is 1. The molecule has 0 amide bonds. The standard InChI is InChI=1S/C11H21N/c1-4-9-7-6-8-11(3,12)10(9)5-2/h6-7,9-10H,4-5,8,12H2,1-3H3. The summed E-state index contributed by atoms with van der Waals surface area (Å²) in [6, 6.07) is 0. The molecule has 0 bridgehead atoms. The van der Waals surface area contributed by atoms with Gasteiger partial charge in [-0.2, -0.15) is 0 Å². The molecule has 0 aliphatic heterocycles. The molecule has 2 N–H and O–H groups in total. The lowest BCUT2D eigenvalue weighted by molar-refractivity contribution is 0.208. The van der Waals surface area contributed by atoms with Crippen LogP contribution >= 0.6 is 0 Å². The maximum atomic E-state index is 6.25. The Morgan fingerprint density at radius 1 is 1.42 bits per heavy atom. The summed E-state index contributed by atoms with van der Waals surface area (Å²) in [6.45, 7) is 6.68. The summed E-state index contributed by atoms with van der Waals surface area (Å²) in [5.41, 5.74) is 6.28. The second-order valence-corrected chi connectivity index (χ2v) is 4.22. The van der Waals surface area contributed by atoms with Crippen LogP contribution in [0.15, 0.2) is 12.2 Å². The Bertz CT molecular complexity index is 170. The fraction of sp³-hybridized carbons (Fsp3) is 0.818. The lowest BCUT2D eigenvalue weighted by Gasteiger charge is -2.40. The summed E-state index contributed by atoms with van der Waals surface area (Å²) < 4.78 is 0. The summed E-state index contributed by atoms with van der Waals surface area (Å²) in [5.74, 6) is 1.38. The highest BCUT2D eigenvalue weighted by Crippen LogP contribution is 2.35. The minimum absolute atomic E-state index is 0.0319. The van der Waals surface area contributed by atoms with Gasteiger partial charge in [-0.15, -0.1) is 0 Å². The van der Waals surface area contributed by atoms with Crippen LogP contribution in [-0.2, 0) is 0 Å². The lowest BCUT2D eigenvalue weighted by Crippen LogP contribution is -2.48. The highest BCUT2D eigenvalue weighted by Gasteiger charge is 2.34. The fourth-order valence-electron chi connectivity index (χ4n) is 2.46. The molecular formula is C11H21N. The number of nitrogens with two attached hydrogens (primary N) is 1. The first kappa shape index (κ1) is 9.79. The Labute approximate surface area is 76.0 Å². The first-order valence-corrected chi connectivity index (χ1v) is 5.07. The van der Waals surface area contributed by atoms with Crippen molar-refractivity contribution in [3.63, 3.8) is 0 Å². The van der Waals surface area contributed by atoms with Crippen molar-refractivity contribution in [1.29, 1.82) is 0 Å². The molecule has 0 saturated carbocycles. The van der Waals surface area contributed by atoms with E-state index in [-0.39, 0.29) is 5.54 Å². The van der Waals surface area contributed by atoms with Gasteiger partial charge in [0, 0.05) is 5.54 Å². The third-order valence-electron chi connectivity index (χ3n) is 3.22. The number of rotatable bonds is 2. The number of hydrogen-bond acceptors (Lipinski definition) is 1. The largest absolute Gasteiger partial charge is 0.325 e. The summed E-state index contributed by atoms with van der Waals surface area (Å²) >= 11 is 0. The zero-order valence-electron chi connectivity index (χ0n) is 8.51. The van der Waals surface area contributed by atoms with E-state index in [4.69, 9.17) is 5.73 Å². The second kappa shape index (κ2) is 3.61. The van der Waals surface area contributed by atoms with Gasteiger partial charge in [-0.05, 0) is 31.6 Å². The topological polar surface area (TPSA) is 26.0 Å². The molecule has 70 valence electrons. The van der Waals surface area contributed by atoms with E-state index < -0.39 is 0 Å². The Hall–Kier alpha value is -0.300. The molecule has 1 aliphatic carbocycles. The molecule has 0 radical (unpaired) electrons. The van der Waals surface area contributed by atoms with Gasteiger partial charge in [0.15, 0.2) is 0 Å². The van der Waals surface area contributed by atoms with Gasteiger partial charge >= 0.3 is 0 Å². The molecular weight excluding hydrogens is 146 g/mol. The van der Waals surface area contributed by atoms with Gasteiger partial charge in [0.1, 0.15) is 0 Å². The van der Waals surface area contributed by atoms with E-state index in [0.717, 1.165) is 6.42 Å². The van der Waals surface area contributed by atoms with Crippen LogP contribution in [0.4, 0.5) is 0 Å². The Kier molecular flexibility index (Phi) is 2.94. The maximum Gasteiger partial charge on any atom is 0.0194 e. The summed E-state index contributed by atoms with van der Waals surface area (Å²) in [5, 5.41) is 0. The van der Waals surface area contributed by atoms with E-state index in [2.05, 4.69) is 32.9 Å². The van der Waals surface area contributed by atoms with Gasteiger partial charge in [-0.1, -0.05) is 32.4 Å². The SMILES string of the molecule is CCC1C=CCC(C)(N)C1CC. The highest BCUT2D eigenvalue weighted by molar-refractivity contribution is 5.07. The van der Waals surface area contributed by atoms with Gasteiger partial charge in [0.05, 0.1) is 0 Å². The molecule has 0 saturated heterocycles. The van der Waals surface area contributed by atoms with Gasteiger partial charge in [0.25, 0.3) is 0 Å². The molecule has 0 spiro atoms. The molecule has 0 fully saturated rings. The molecule has 1 aliphatic rings. The smallest absolute Gasteiger partial charge is 0.0194 e. The van der Waals surface area contributed by atoms with E-state index >= 15 is 0 Å². The van der Waals surface area contributed by atoms with Crippen molar-refractivity contribution in [2.45, 2.75) is 45.6 Å². The number of allylic oxidation sites excluding steroid dienone is 1. The third-order valence-corrected chi connectivity index (χ3v) is 3.22. The van der Waals surface area contributed by atoms with E-state index in [9.17, 15) is 0 Å². The highest BCUT2D eigenvalue weighted by atomic mass is 14.7. The van der Waals surface area contributed by atoms with Crippen molar-refractivity contribution in [3.8, 4) is 0 Å². The molecule has 1 rings (SSSR count). The molecule has 3 unspecified atom stereocenters. The van der Waals surface area contributed by atoms with Crippen molar-refractivity contribution in [1.82, 2.24) is 0 Å². The zero-order valence-corrected chi connectivity index (χ0v) is 8.51. The van der Waals surface area contributed by atoms with Crippen LogP contribution in [0, 0.1) is 11.8 Å². The van der Waals surface area contributed by atoms with Gasteiger partial charge in [0.2, 0.25) is 0 Å². The van der Waals surface area contributed by atoms with E-state index in [1.807, 2.05) is 0 Å². The summed E-state index contributed by atoms with van der Waals surface area (Å²) in [7, 11) is 0. The monoisotopic (exact) mass is 167 g/mol. The molecule has 0 aromatic heterocycles. The van der Waals surface area contributed by atoms with E-state index in [1.165, 1.54) is 12.8 Å². The van der Waals surface area contributed by atoms with Crippen LogP contribution in [-0.4, -0.2) is 5.54 Å². The van der Waals surface area contributed by atoms with E-state index in [0.29, 0.717) is 11.8 Å². The molecule has 0 aromatic rings. The minimum Gasteiger partial charge on any atom is -0.325 e. The second-order valence-electron chi connectivity index (χ2n) is 4.22. The Morgan fingerprint density at radius 3 is 2.50 bits per heavy atom. The first-order valence-electron chi connectivity index (χ1n) is 5.07. The molecule has 0 aromatic carbocycles. The molecule has 1 heteroatoms.